The van der Waals surface area contributed by atoms with Crippen molar-refractivity contribution in [3.05, 3.63) is 95.6 Å². The van der Waals surface area contributed by atoms with Crippen molar-refractivity contribution in [1.82, 2.24) is 5.01 Å². The summed E-state index contributed by atoms with van der Waals surface area (Å²) in [7, 11) is 2.00. The van der Waals surface area contributed by atoms with Gasteiger partial charge < -0.3 is 0 Å². The fourth-order valence-electron chi connectivity index (χ4n) is 3.94. The smallest absolute Gasteiger partial charge is 0.253 e. The number of hydrogen-bond acceptors (Lipinski definition) is 3. The van der Waals surface area contributed by atoms with Crippen molar-refractivity contribution >= 4 is 23.4 Å². The number of hydrazine groups is 1. The number of thioether (sulfide) groups is 1. The first-order valence-electron chi connectivity index (χ1n) is 9.99. The van der Waals surface area contributed by atoms with Crippen LogP contribution in [0.1, 0.15) is 36.5 Å². The molecule has 0 fully saturated rings. The van der Waals surface area contributed by atoms with E-state index in [4.69, 9.17) is 0 Å². The maximum Gasteiger partial charge on any atom is 0.253 e. The molecule has 0 N–H and O–H groups in total. The van der Waals surface area contributed by atoms with Crippen LogP contribution < -0.4 is 5.01 Å². The number of anilines is 1. The lowest BCUT2D eigenvalue weighted by molar-refractivity contribution is -0.121. The molecule has 3 aromatic carbocycles. The maximum atomic E-state index is 13.5. The summed E-state index contributed by atoms with van der Waals surface area (Å²) in [5.41, 5.74) is 4.32. The third-order valence-electron chi connectivity index (χ3n) is 5.14. The quantitative estimate of drug-likeness (QED) is 0.493. The highest BCUT2D eigenvalue weighted by Gasteiger charge is 2.40. The second-order valence-corrected chi connectivity index (χ2v) is 9.26. The molecule has 0 aromatic heterocycles. The molecule has 1 aliphatic heterocycles. The number of fused-ring (bicyclic) bond motifs is 1. The second kappa shape index (κ2) is 8.44. The number of amides is 1. The molecule has 0 saturated carbocycles. The summed E-state index contributed by atoms with van der Waals surface area (Å²) in [6.45, 7) is 5.09. The SMILES string of the molecule is CC(C)Sc1ccccc1CN(C)N1C(=O)[C@H](c2ccccc2)c2ccccc21. The molecule has 0 saturated heterocycles. The molecule has 4 heteroatoms. The van der Waals surface area contributed by atoms with Gasteiger partial charge in [0, 0.05) is 23.7 Å². The van der Waals surface area contributed by atoms with E-state index in [0.717, 1.165) is 16.8 Å². The number of benzene rings is 3. The van der Waals surface area contributed by atoms with Crippen molar-refractivity contribution in [2.45, 2.75) is 36.5 Å². The number of carbonyl (C=O) groups is 1. The molecule has 1 aliphatic rings. The molecule has 1 heterocycles. The van der Waals surface area contributed by atoms with Crippen molar-refractivity contribution in [3.8, 4) is 0 Å². The molecule has 0 aliphatic carbocycles. The van der Waals surface area contributed by atoms with E-state index in [9.17, 15) is 4.79 Å². The van der Waals surface area contributed by atoms with Gasteiger partial charge in [0.15, 0.2) is 0 Å². The highest BCUT2D eigenvalue weighted by atomic mass is 32.2. The Balaban J connectivity index is 1.66. The van der Waals surface area contributed by atoms with Crippen LogP contribution in [0, 0.1) is 0 Å². The van der Waals surface area contributed by atoms with Crippen LogP contribution in [0.5, 0.6) is 0 Å². The van der Waals surface area contributed by atoms with Gasteiger partial charge in [-0.2, -0.15) is 0 Å². The van der Waals surface area contributed by atoms with Crippen LogP contribution in [0.3, 0.4) is 0 Å². The fraction of sp³-hybridized carbons (Fsp3) is 0.240. The van der Waals surface area contributed by atoms with Crippen molar-refractivity contribution < 1.29 is 4.79 Å². The molecule has 3 nitrogen and oxygen atoms in total. The van der Waals surface area contributed by atoms with Gasteiger partial charge in [-0.25, -0.2) is 10.0 Å². The van der Waals surface area contributed by atoms with Crippen LogP contribution in [0.2, 0.25) is 0 Å². The number of nitrogens with zero attached hydrogens (tertiary/aromatic N) is 2. The minimum atomic E-state index is -0.255. The van der Waals surface area contributed by atoms with Gasteiger partial charge >= 0.3 is 0 Å². The van der Waals surface area contributed by atoms with Crippen LogP contribution in [-0.4, -0.2) is 23.2 Å². The van der Waals surface area contributed by atoms with E-state index in [1.807, 2.05) is 77.4 Å². The van der Waals surface area contributed by atoms with Crippen LogP contribution >= 0.6 is 11.8 Å². The van der Waals surface area contributed by atoms with Crippen molar-refractivity contribution in [1.29, 1.82) is 0 Å². The lowest BCUT2D eigenvalue weighted by Crippen LogP contribution is -2.42. The lowest BCUT2D eigenvalue weighted by atomic mass is 9.93. The Labute approximate surface area is 177 Å². The monoisotopic (exact) mass is 402 g/mol. The summed E-state index contributed by atoms with van der Waals surface area (Å²) in [4.78, 5) is 14.8. The molecule has 0 bridgehead atoms. The third-order valence-corrected chi connectivity index (χ3v) is 6.26. The van der Waals surface area contributed by atoms with E-state index >= 15 is 0 Å². The van der Waals surface area contributed by atoms with Gasteiger partial charge in [-0.05, 0) is 28.8 Å². The van der Waals surface area contributed by atoms with Crippen LogP contribution in [0.15, 0.2) is 83.8 Å². The Morgan fingerprint density at radius 1 is 0.931 bits per heavy atom. The molecule has 4 rings (SSSR count). The molecule has 1 atom stereocenters. The summed E-state index contributed by atoms with van der Waals surface area (Å²) < 4.78 is 0. The van der Waals surface area contributed by atoms with Crippen LogP contribution in [0.25, 0.3) is 0 Å². The average Bonchev–Trinajstić information content (AvgIpc) is 3.01. The standard InChI is InChI=1S/C25H26N2OS/c1-18(2)29-23-16-10-7-13-20(23)17-26(3)27-22-15-9-8-14-21(22)24(25(27)28)19-11-5-4-6-12-19/h4-16,18,24H,17H2,1-3H3/t24-/m1/s1. The first-order chi connectivity index (χ1) is 14.1. The fourth-order valence-corrected chi connectivity index (χ4v) is 4.89. The molecule has 3 aromatic rings. The summed E-state index contributed by atoms with van der Waals surface area (Å²) in [5, 5.41) is 4.41. The predicted molar refractivity (Wildman–Crippen MR) is 121 cm³/mol. The zero-order chi connectivity index (χ0) is 20.4. The van der Waals surface area contributed by atoms with Gasteiger partial charge in [0.25, 0.3) is 5.91 Å². The molecule has 0 spiro atoms. The highest BCUT2D eigenvalue weighted by molar-refractivity contribution is 8.00. The van der Waals surface area contributed by atoms with E-state index in [0.29, 0.717) is 11.8 Å². The van der Waals surface area contributed by atoms with Crippen molar-refractivity contribution in [2.75, 3.05) is 12.1 Å². The van der Waals surface area contributed by atoms with Gasteiger partial charge in [-0.3, -0.25) is 4.79 Å². The molecule has 0 unspecified atom stereocenters. The van der Waals surface area contributed by atoms with E-state index in [2.05, 4.69) is 44.2 Å². The Morgan fingerprint density at radius 2 is 1.59 bits per heavy atom. The second-order valence-electron chi connectivity index (χ2n) is 7.64. The van der Waals surface area contributed by atoms with Gasteiger partial charge in [-0.15, -0.1) is 11.8 Å². The number of carbonyl (C=O) groups excluding carboxylic acids is 1. The van der Waals surface area contributed by atoms with E-state index < -0.39 is 0 Å². The Kier molecular flexibility index (Phi) is 5.74. The van der Waals surface area contributed by atoms with Gasteiger partial charge in [0.1, 0.15) is 0 Å². The highest BCUT2D eigenvalue weighted by Crippen LogP contribution is 2.42. The molecule has 1 amide bonds. The molecular weight excluding hydrogens is 376 g/mol. The lowest BCUT2D eigenvalue weighted by Gasteiger charge is -2.30. The maximum absolute atomic E-state index is 13.5. The Morgan fingerprint density at radius 3 is 2.34 bits per heavy atom. The molecular formula is C25H26N2OS. The molecule has 29 heavy (non-hydrogen) atoms. The summed E-state index contributed by atoms with van der Waals surface area (Å²) >= 11 is 1.86. The Hall–Kier alpha value is -2.56. The van der Waals surface area contributed by atoms with E-state index in [-0.39, 0.29) is 11.8 Å². The van der Waals surface area contributed by atoms with Gasteiger partial charge in [-0.1, -0.05) is 80.6 Å². The van der Waals surface area contributed by atoms with Crippen LogP contribution in [0.4, 0.5) is 5.69 Å². The summed E-state index contributed by atoms with van der Waals surface area (Å²) in [5.74, 6) is -0.149. The third kappa shape index (κ3) is 3.96. The number of hydrogen-bond donors (Lipinski definition) is 0. The largest absolute Gasteiger partial charge is 0.272 e. The number of para-hydroxylation sites is 1. The number of rotatable bonds is 6. The van der Waals surface area contributed by atoms with E-state index in [1.54, 1.807) is 0 Å². The zero-order valence-electron chi connectivity index (χ0n) is 17.1. The normalized spacial score (nSPS) is 16.0. The summed E-state index contributed by atoms with van der Waals surface area (Å²) in [6.07, 6.45) is 0. The zero-order valence-corrected chi connectivity index (χ0v) is 17.9. The average molecular weight is 403 g/mol. The molecule has 0 radical (unpaired) electrons. The van der Waals surface area contributed by atoms with Gasteiger partial charge in [0.05, 0.1) is 11.6 Å². The predicted octanol–water partition coefficient (Wildman–Crippen LogP) is 5.71. The Bertz CT molecular complexity index is 1000. The van der Waals surface area contributed by atoms with Gasteiger partial charge in [0.2, 0.25) is 0 Å². The molecule has 148 valence electrons. The first-order valence-corrected chi connectivity index (χ1v) is 10.9. The van der Waals surface area contributed by atoms with Crippen molar-refractivity contribution in [3.63, 3.8) is 0 Å². The van der Waals surface area contributed by atoms with Crippen LogP contribution in [-0.2, 0) is 11.3 Å². The minimum absolute atomic E-state index is 0.105. The first kappa shape index (κ1) is 19.7. The minimum Gasteiger partial charge on any atom is -0.272 e. The van der Waals surface area contributed by atoms with E-state index in [1.165, 1.54) is 10.5 Å². The van der Waals surface area contributed by atoms with Crippen molar-refractivity contribution in [2.24, 2.45) is 0 Å². The topological polar surface area (TPSA) is 23.6 Å². The summed E-state index contributed by atoms with van der Waals surface area (Å²) in [6, 6.07) is 26.7.